The first-order chi connectivity index (χ1) is 5.20. The molecule has 1 heteroatoms. The van der Waals surface area contributed by atoms with E-state index < -0.39 is 0 Å². The maximum Gasteiger partial charge on any atom is 0.00193 e. The van der Waals surface area contributed by atoms with Gasteiger partial charge in [0, 0.05) is 5.25 Å². The van der Waals surface area contributed by atoms with Gasteiger partial charge in [-0.15, -0.1) is 0 Å². The van der Waals surface area contributed by atoms with Crippen LogP contribution in [0, 0.1) is 5.92 Å². The lowest BCUT2D eigenvalue weighted by Gasteiger charge is -2.22. The van der Waals surface area contributed by atoms with Crippen molar-refractivity contribution in [2.45, 2.75) is 58.1 Å². The molecule has 68 valence electrons. The van der Waals surface area contributed by atoms with Crippen molar-refractivity contribution >= 4 is 12.6 Å². The third kappa shape index (κ3) is 6.74. The molecule has 0 amide bonds. The summed E-state index contributed by atoms with van der Waals surface area (Å²) in [6, 6.07) is 0. The number of hydrogen-bond acceptors (Lipinski definition) is 1. The van der Waals surface area contributed by atoms with Gasteiger partial charge in [0.25, 0.3) is 0 Å². The zero-order valence-electron chi connectivity index (χ0n) is 8.14. The highest BCUT2D eigenvalue weighted by Gasteiger charge is 2.14. The molecule has 0 aliphatic heterocycles. The third-order valence-electron chi connectivity index (χ3n) is 1.91. The Morgan fingerprint density at radius 1 is 1.27 bits per heavy atom. The van der Waals surface area contributed by atoms with E-state index in [9.17, 15) is 0 Å². The highest BCUT2D eigenvalue weighted by molar-refractivity contribution is 7.80. The van der Waals surface area contributed by atoms with Crippen LogP contribution in [0.15, 0.2) is 0 Å². The minimum Gasteiger partial charge on any atom is -0.176 e. The summed E-state index contributed by atoms with van der Waals surface area (Å²) in [6.45, 7) is 6.57. The molecular formula is C10H22S. The van der Waals surface area contributed by atoms with E-state index in [4.69, 9.17) is 0 Å². The molecule has 1 aliphatic carbocycles. The first-order valence-electron chi connectivity index (χ1n) is 4.88. The van der Waals surface area contributed by atoms with Crippen molar-refractivity contribution in [3.8, 4) is 0 Å². The zero-order valence-corrected chi connectivity index (χ0v) is 9.03. The molecule has 0 aromatic rings. The Kier molecular flexibility index (Phi) is 7.25. The summed E-state index contributed by atoms with van der Waals surface area (Å²) >= 11 is 4.42. The smallest absolute Gasteiger partial charge is 0.00193 e. The maximum absolute atomic E-state index is 4.42. The van der Waals surface area contributed by atoms with Crippen molar-refractivity contribution in [1.82, 2.24) is 0 Å². The molecule has 1 aliphatic rings. The SMILES string of the molecule is CC1CCCC(S)C1.CCC. The molecule has 0 bridgehead atoms. The Morgan fingerprint density at radius 2 is 1.82 bits per heavy atom. The Morgan fingerprint density at radius 3 is 2.09 bits per heavy atom. The van der Waals surface area contributed by atoms with Crippen molar-refractivity contribution in [3.63, 3.8) is 0 Å². The van der Waals surface area contributed by atoms with Crippen molar-refractivity contribution in [3.05, 3.63) is 0 Å². The van der Waals surface area contributed by atoms with Gasteiger partial charge in [-0.05, 0) is 18.8 Å². The second-order valence-corrected chi connectivity index (χ2v) is 4.36. The van der Waals surface area contributed by atoms with E-state index in [0.717, 1.165) is 5.92 Å². The van der Waals surface area contributed by atoms with Crippen LogP contribution >= 0.6 is 12.6 Å². The van der Waals surface area contributed by atoms with Gasteiger partial charge in [0.1, 0.15) is 0 Å². The summed E-state index contributed by atoms with van der Waals surface area (Å²) in [6.07, 6.45) is 6.75. The van der Waals surface area contributed by atoms with Gasteiger partial charge in [-0.2, -0.15) is 12.6 Å². The van der Waals surface area contributed by atoms with E-state index in [1.807, 2.05) is 0 Å². The van der Waals surface area contributed by atoms with Crippen LogP contribution < -0.4 is 0 Å². The lowest BCUT2D eigenvalue weighted by molar-refractivity contribution is 0.395. The van der Waals surface area contributed by atoms with Gasteiger partial charge in [0.15, 0.2) is 0 Å². The summed E-state index contributed by atoms with van der Waals surface area (Å²) in [7, 11) is 0. The summed E-state index contributed by atoms with van der Waals surface area (Å²) in [5.41, 5.74) is 0. The van der Waals surface area contributed by atoms with E-state index in [1.54, 1.807) is 0 Å². The van der Waals surface area contributed by atoms with Crippen molar-refractivity contribution < 1.29 is 0 Å². The largest absolute Gasteiger partial charge is 0.176 e. The molecule has 1 fully saturated rings. The van der Waals surface area contributed by atoms with Crippen molar-refractivity contribution in [2.75, 3.05) is 0 Å². The first-order valence-corrected chi connectivity index (χ1v) is 5.40. The highest BCUT2D eigenvalue weighted by Crippen LogP contribution is 2.26. The minimum atomic E-state index is 0.707. The standard InChI is InChI=1S/C7H14S.C3H8/c1-6-3-2-4-7(8)5-6;1-3-2/h6-8H,2-5H2,1H3;3H2,1-2H3. The molecular weight excluding hydrogens is 152 g/mol. The zero-order chi connectivity index (χ0) is 8.69. The summed E-state index contributed by atoms with van der Waals surface area (Å²) < 4.78 is 0. The van der Waals surface area contributed by atoms with Crippen LogP contribution in [0.25, 0.3) is 0 Å². The highest BCUT2D eigenvalue weighted by atomic mass is 32.1. The number of thiol groups is 1. The van der Waals surface area contributed by atoms with Gasteiger partial charge >= 0.3 is 0 Å². The molecule has 2 atom stereocenters. The van der Waals surface area contributed by atoms with Crippen LogP contribution in [-0.4, -0.2) is 5.25 Å². The molecule has 0 heterocycles. The number of hydrogen-bond donors (Lipinski definition) is 1. The van der Waals surface area contributed by atoms with Crippen molar-refractivity contribution in [2.24, 2.45) is 5.92 Å². The van der Waals surface area contributed by atoms with Gasteiger partial charge in [0.05, 0.1) is 0 Å². The van der Waals surface area contributed by atoms with Crippen LogP contribution in [0.4, 0.5) is 0 Å². The summed E-state index contributed by atoms with van der Waals surface area (Å²) in [5, 5.41) is 0.707. The lowest BCUT2D eigenvalue weighted by Crippen LogP contribution is -2.12. The van der Waals surface area contributed by atoms with E-state index in [1.165, 1.54) is 32.1 Å². The number of rotatable bonds is 0. The third-order valence-corrected chi connectivity index (χ3v) is 2.38. The van der Waals surface area contributed by atoms with E-state index in [0.29, 0.717) is 5.25 Å². The molecule has 0 aromatic heterocycles. The fraction of sp³-hybridized carbons (Fsp3) is 1.00. The molecule has 0 radical (unpaired) electrons. The quantitative estimate of drug-likeness (QED) is 0.529. The Hall–Kier alpha value is 0.350. The van der Waals surface area contributed by atoms with Crippen LogP contribution in [-0.2, 0) is 0 Å². The topological polar surface area (TPSA) is 0 Å². The summed E-state index contributed by atoms with van der Waals surface area (Å²) in [5.74, 6) is 0.936. The second-order valence-electron chi connectivity index (χ2n) is 3.63. The molecule has 2 unspecified atom stereocenters. The Balaban J connectivity index is 0.000000292. The Labute approximate surface area is 77.2 Å². The van der Waals surface area contributed by atoms with Crippen LogP contribution in [0.2, 0.25) is 0 Å². The molecule has 1 rings (SSSR count). The van der Waals surface area contributed by atoms with Crippen LogP contribution in [0.5, 0.6) is 0 Å². The molecule has 0 nitrogen and oxygen atoms in total. The average Bonchev–Trinajstić information content (AvgIpc) is 1.88. The molecule has 0 saturated heterocycles. The normalized spacial score (nSPS) is 30.5. The maximum atomic E-state index is 4.42. The minimum absolute atomic E-state index is 0.707. The van der Waals surface area contributed by atoms with Gasteiger partial charge in [0.2, 0.25) is 0 Å². The van der Waals surface area contributed by atoms with Gasteiger partial charge in [-0.1, -0.05) is 40.0 Å². The second kappa shape index (κ2) is 7.02. The molecule has 0 N–H and O–H groups in total. The van der Waals surface area contributed by atoms with Gasteiger partial charge in [-0.25, -0.2) is 0 Å². The molecule has 1 saturated carbocycles. The van der Waals surface area contributed by atoms with Crippen molar-refractivity contribution in [1.29, 1.82) is 0 Å². The van der Waals surface area contributed by atoms with Crippen LogP contribution in [0.1, 0.15) is 52.9 Å². The van der Waals surface area contributed by atoms with Gasteiger partial charge in [-0.3, -0.25) is 0 Å². The predicted molar refractivity (Wildman–Crippen MR) is 56.4 cm³/mol. The van der Waals surface area contributed by atoms with Crippen LogP contribution in [0.3, 0.4) is 0 Å². The summed E-state index contributed by atoms with van der Waals surface area (Å²) in [4.78, 5) is 0. The first kappa shape index (κ1) is 11.4. The lowest BCUT2D eigenvalue weighted by atomic mass is 9.91. The van der Waals surface area contributed by atoms with E-state index in [2.05, 4.69) is 33.4 Å². The Bertz CT molecular complexity index is 72.9. The van der Waals surface area contributed by atoms with E-state index >= 15 is 0 Å². The molecule has 11 heavy (non-hydrogen) atoms. The average molecular weight is 174 g/mol. The fourth-order valence-corrected chi connectivity index (χ4v) is 1.94. The molecule has 0 aromatic carbocycles. The van der Waals surface area contributed by atoms with Gasteiger partial charge < -0.3 is 0 Å². The fourth-order valence-electron chi connectivity index (χ4n) is 1.40. The monoisotopic (exact) mass is 174 g/mol. The van der Waals surface area contributed by atoms with E-state index in [-0.39, 0.29) is 0 Å². The molecule has 0 spiro atoms. The predicted octanol–water partition coefficient (Wildman–Crippen LogP) is 3.91.